The number of hydrogen-bond acceptors (Lipinski definition) is 11. The highest BCUT2D eigenvalue weighted by Gasteiger charge is 2.48. The number of amides is 3. The first-order valence-electron chi connectivity index (χ1n) is 15.6. The molecular formula is C32H46N8O7. The molecule has 4 bridgehead atoms. The molecule has 4 fully saturated rings. The number of likely N-dealkylation sites (tertiary alicyclic amines) is 3. The highest BCUT2D eigenvalue weighted by molar-refractivity contribution is 5.94. The van der Waals surface area contributed by atoms with Crippen LogP contribution in [0.5, 0.6) is 0 Å². The van der Waals surface area contributed by atoms with Crippen LogP contribution in [0.25, 0.3) is 0 Å². The number of ether oxygens (including phenoxy) is 2. The Morgan fingerprint density at radius 1 is 0.745 bits per heavy atom. The Hall–Kier alpha value is -4.66. The van der Waals surface area contributed by atoms with Crippen LogP contribution < -0.4 is 16.8 Å². The zero-order valence-electron chi connectivity index (χ0n) is 27.8. The fourth-order valence-corrected chi connectivity index (χ4v) is 5.79. The summed E-state index contributed by atoms with van der Waals surface area (Å²) in [6, 6.07) is 7.07. The standard InChI is InChI=1S/C16H22N4O3.C10H18N2O2.C6H6N2O2/c1-16(2,3)23-15(22)20-9-11-6-12(20)8-19(11)14(21)10-4-5-13(17)18-7-10;1-10(2,3)14-9(13)12-6-7-4-8(12)5-11-7;7-5-2-1-4(3-8-5)6(9)10/h4-5,7,11-12H,6,8-9H2,1-3H3,(H2,17,18);7-8,11H,4-6H2,1-3H3;1-3H,(H2,7,8)(H,9,10)/t11-,12-;7-,8-;/m11./s1. The Morgan fingerprint density at radius 2 is 1.23 bits per heavy atom. The van der Waals surface area contributed by atoms with Crippen molar-refractivity contribution in [2.24, 2.45) is 0 Å². The zero-order valence-corrected chi connectivity index (χ0v) is 27.8. The minimum atomic E-state index is -0.993. The number of rotatable bonds is 2. The van der Waals surface area contributed by atoms with Gasteiger partial charge in [0, 0.05) is 50.7 Å². The van der Waals surface area contributed by atoms with Gasteiger partial charge in [0.25, 0.3) is 5.91 Å². The summed E-state index contributed by atoms with van der Waals surface area (Å²) in [5.41, 5.74) is 10.5. The number of carboxylic acids is 1. The van der Waals surface area contributed by atoms with Gasteiger partial charge in [0.15, 0.2) is 0 Å². The van der Waals surface area contributed by atoms with Gasteiger partial charge in [0.2, 0.25) is 0 Å². The molecule has 0 spiro atoms. The summed E-state index contributed by atoms with van der Waals surface area (Å²) in [5.74, 6) is -0.341. The van der Waals surface area contributed by atoms with Crippen molar-refractivity contribution in [2.75, 3.05) is 37.6 Å². The largest absolute Gasteiger partial charge is 0.478 e. The molecule has 4 aliphatic heterocycles. The molecule has 4 saturated heterocycles. The van der Waals surface area contributed by atoms with Crippen LogP contribution in [0.15, 0.2) is 36.7 Å². The van der Waals surface area contributed by atoms with Gasteiger partial charge in [-0.25, -0.2) is 24.4 Å². The van der Waals surface area contributed by atoms with Crippen LogP contribution in [-0.2, 0) is 9.47 Å². The van der Waals surface area contributed by atoms with Crippen molar-refractivity contribution < 1.29 is 33.8 Å². The molecule has 256 valence electrons. The first-order valence-corrected chi connectivity index (χ1v) is 15.6. The Labute approximate surface area is 274 Å². The first-order chi connectivity index (χ1) is 21.9. The molecule has 6 rings (SSSR count). The predicted octanol–water partition coefficient (Wildman–Crippen LogP) is 2.83. The smallest absolute Gasteiger partial charge is 0.410 e. The number of pyridine rings is 2. The van der Waals surface area contributed by atoms with Crippen LogP contribution in [0.1, 0.15) is 75.1 Å². The second kappa shape index (κ2) is 14.0. The molecule has 3 amide bonds. The Bertz CT molecular complexity index is 1440. The average Bonchev–Trinajstić information content (AvgIpc) is 3.78. The lowest BCUT2D eigenvalue weighted by atomic mass is 10.2. The van der Waals surface area contributed by atoms with Gasteiger partial charge in [-0.1, -0.05) is 0 Å². The van der Waals surface area contributed by atoms with Gasteiger partial charge in [-0.05, 0) is 78.6 Å². The van der Waals surface area contributed by atoms with E-state index in [-0.39, 0.29) is 41.3 Å². The zero-order chi connectivity index (χ0) is 34.7. The van der Waals surface area contributed by atoms with Crippen LogP contribution in [0.3, 0.4) is 0 Å². The van der Waals surface area contributed by atoms with Gasteiger partial charge < -0.3 is 46.1 Å². The first kappa shape index (κ1) is 35.2. The summed E-state index contributed by atoms with van der Waals surface area (Å²) in [6.45, 7) is 14.0. The van der Waals surface area contributed by atoms with Crippen LogP contribution in [-0.4, -0.2) is 115 Å². The normalized spacial score (nSPS) is 22.6. The number of aromatic nitrogens is 2. The van der Waals surface area contributed by atoms with E-state index >= 15 is 0 Å². The molecule has 0 saturated carbocycles. The van der Waals surface area contributed by atoms with E-state index in [4.69, 9.17) is 26.0 Å². The minimum Gasteiger partial charge on any atom is -0.478 e. The third-order valence-electron chi connectivity index (χ3n) is 7.88. The molecule has 15 nitrogen and oxygen atoms in total. The molecular weight excluding hydrogens is 608 g/mol. The quantitative estimate of drug-likeness (QED) is 0.369. The van der Waals surface area contributed by atoms with E-state index in [1.54, 1.807) is 17.0 Å². The van der Waals surface area contributed by atoms with Crippen LogP contribution in [0, 0.1) is 0 Å². The van der Waals surface area contributed by atoms with Crippen molar-refractivity contribution in [2.45, 2.75) is 89.8 Å². The molecule has 4 atom stereocenters. The van der Waals surface area contributed by atoms with E-state index in [9.17, 15) is 19.2 Å². The van der Waals surface area contributed by atoms with Gasteiger partial charge in [0.1, 0.15) is 22.8 Å². The van der Waals surface area contributed by atoms with Crippen LogP contribution in [0.2, 0.25) is 0 Å². The molecule has 0 radical (unpaired) electrons. The lowest BCUT2D eigenvalue weighted by Crippen LogP contribution is -2.51. The van der Waals surface area contributed by atoms with Crippen LogP contribution >= 0.6 is 0 Å². The molecule has 6 heterocycles. The Kier molecular flexibility index (Phi) is 10.5. The molecule has 15 heteroatoms. The second-order valence-corrected chi connectivity index (χ2v) is 14.0. The molecule has 2 aromatic heterocycles. The average molecular weight is 655 g/mol. The summed E-state index contributed by atoms with van der Waals surface area (Å²) < 4.78 is 10.8. The van der Waals surface area contributed by atoms with Gasteiger partial charge in [-0.2, -0.15) is 0 Å². The maximum atomic E-state index is 12.6. The number of fused-ring (bicyclic) bond motifs is 4. The molecule has 0 aromatic carbocycles. The molecule has 0 unspecified atom stereocenters. The summed E-state index contributed by atoms with van der Waals surface area (Å²) >= 11 is 0. The van der Waals surface area contributed by atoms with Crippen molar-refractivity contribution in [3.8, 4) is 0 Å². The SMILES string of the molecule is CC(C)(C)OC(=O)N1C[C@H]2C[C@@H]1CN2.CC(C)(C)OC(=O)N1C[C@H]2C[C@@H]1CN2C(=O)c1ccc(N)nc1.Nc1ccc(C(=O)O)cn1. The van der Waals surface area contributed by atoms with Gasteiger partial charge in [0.05, 0.1) is 23.2 Å². The van der Waals surface area contributed by atoms with Crippen molar-refractivity contribution in [3.05, 3.63) is 47.8 Å². The van der Waals surface area contributed by atoms with Gasteiger partial charge in [-0.3, -0.25) is 4.79 Å². The Morgan fingerprint density at radius 3 is 1.62 bits per heavy atom. The third-order valence-corrected chi connectivity index (χ3v) is 7.88. The van der Waals surface area contributed by atoms with E-state index in [1.807, 2.05) is 51.3 Å². The highest BCUT2D eigenvalue weighted by atomic mass is 16.6. The molecule has 4 aliphatic rings. The number of nitrogens with one attached hydrogen (secondary N) is 1. The van der Waals surface area contributed by atoms with Crippen LogP contribution in [0.4, 0.5) is 21.2 Å². The number of nitrogens with two attached hydrogens (primary N) is 2. The number of carboxylic acid groups (broad SMARTS) is 1. The maximum absolute atomic E-state index is 12.6. The van der Waals surface area contributed by atoms with E-state index < -0.39 is 11.6 Å². The summed E-state index contributed by atoms with van der Waals surface area (Å²) in [4.78, 5) is 59.7. The van der Waals surface area contributed by atoms with Gasteiger partial charge >= 0.3 is 18.2 Å². The van der Waals surface area contributed by atoms with E-state index in [0.29, 0.717) is 42.4 Å². The number of anilines is 2. The summed E-state index contributed by atoms with van der Waals surface area (Å²) in [7, 11) is 0. The Balaban J connectivity index is 0.000000177. The van der Waals surface area contributed by atoms with Gasteiger partial charge in [-0.15, -0.1) is 0 Å². The maximum Gasteiger partial charge on any atom is 0.410 e. The predicted molar refractivity (Wildman–Crippen MR) is 174 cm³/mol. The number of nitrogens with zero attached hydrogens (tertiary/aromatic N) is 5. The third kappa shape index (κ3) is 9.44. The van der Waals surface area contributed by atoms with Crippen molar-refractivity contribution in [1.29, 1.82) is 0 Å². The monoisotopic (exact) mass is 654 g/mol. The summed E-state index contributed by atoms with van der Waals surface area (Å²) in [6.07, 6.45) is 4.14. The lowest BCUT2D eigenvalue weighted by Gasteiger charge is -2.35. The van der Waals surface area contributed by atoms with E-state index in [2.05, 4.69) is 15.3 Å². The molecule has 2 aromatic rings. The van der Waals surface area contributed by atoms with Crippen molar-refractivity contribution >= 4 is 35.7 Å². The van der Waals surface area contributed by atoms with E-state index in [0.717, 1.165) is 25.9 Å². The van der Waals surface area contributed by atoms with Crippen molar-refractivity contribution in [3.63, 3.8) is 0 Å². The summed E-state index contributed by atoms with van der Waals surface area (Å²) in [5, 5.41) is 11.7. The van der Waals surface area contributed by atoms with E-state index in [1.165, 1.54) is 24.5 Å². The molecule has 0 aliphatic carbocycles. The number of aromatic carboxylic acids is 1. The number of carbonyl (C=O) groups excluding carboxylic acids is 3. The second-order valence-electron chi connectivity index (χ2n) is 14.0. The number of carbonyl (C=O) groups is 4. The molecule has 6 N–H and O–H groups in total. The lowest BCUT2D eigenvalue weighted by molar-refractivity contribution is 0.0125. The minimum absolute atomic E-state index is 0.0283. The molecule has 47 heavy (non-hydrogen) atoms. The number of hydrogen-bond donors (Lipinski definition) is 4. The topological polar surface area (TPSA) is 207 Å². The fourth-order valence-electron chi connectivity index (χ4n) is 5.79. The van der Waals surface area contributed by atoms with Crippen molar-refractivity contribution in [1.82, 2.24) is 30.0 Å². The number of piperazine rings is 2. The highest BCUT2D eigenvalue weighted by Crippen LogP contribution is 2.33. The fraction of sp³-hybridized carbons (Fsp3) is 0.562. The number of nitrogen functional groups attached to an aromatic ring is 2.